The normalized spacial score (nSPS) is 13.3. The summed E-state index contributed by atoms with van der Waals surface area (Å²) < 4.78 is 1.92. The first kappa shape index (κ1) is 16.1. The highest BCUT2D eigenvalue weighted by Gasteiger charge is 2.27. The Hall–Kier alpha value is -1.25. The van der Waals surface area contributed by atoms with Gasteiger partial charge in [0.15, 0.2) is 0 Å². The summed E-state index contributed by atoms with van der Waals surface area (Å²) in [6, 6.07) is 4.27. The van der Waals surface area contributed by atoms with Crippen LogP contribution in [0.4, 0.5) is 5.82 Å². The molecule has 1 N–H and O–H groups in total. The number of aromatic nitrogens is 2. The van der Waals surface area contributed by atoms with E-state index in [1.807, 2.05) is 11.4 Å². The van der Waals surface area contributed by atoms with E-state index in [0.29, 0.717) is 11.1 Å². The minimum Gasteiger partial charge on any atom is -0.358 e. The van der Waals surface area contributed by atoms with Gasteiger partial charge in [0.05, 0.1) is 11.3 Å². The van der Waals surface area contributed by atoms with Crippen molar-refractivity contribution in [3.8, 4) is 0 Å². The van der Waals surface area contributed by atoms with Gasteiger partial charge in [-0.25, -0.2) is 0 Å². The Kier molecular flexibility index (Phi) is 4.80. The zero-order valence-corrected chi connectivity index (χ0v) is 14.4. The predicted molar refractivity (Wildman–Crippen MR) is 86.2 cm³/mol. The number of rotatable bonds is 5. The van der Waals surface area contributed by atoms with Crippen molar-refractivity contribution in [3.05, 3.63) is 43.2 Å². The van der Waals surface area contributed by atoms with E-state index in [9.17, 15) is 10.1 Å². The summed E-state index contributed by atoms with van der Waals surface area (Å²) in [4.78, 5) is 11.5. The third-order valence-electron chi connectivity index (χ3n) is 3.02. The molecular formula is C13H17BrN4O2S. The smallest absolute Gasteiger partial charge is 0.358 e. The van der Waals surface area contributed by atoms with Crippen molar-refractivity contribution >= 4 is 33.1 Å². The fourth-order valence-corrected chi connectivity index (χ4v) is 3.57. The van der Waals surface area contributed by atoms with Gasteiger partial charge in [0.2, 0.25) is 0 Å². The van der Waals surface area contributed by atoms with E-state index >= 15 is 0 Å². The molecule has 0 fully saturated rings. The molecule has 0 aliphatic rings. The Labute approximate surface area is 135 Å². The molecule has 2 aromatic rings. The Morgan fingerprint density at radius 2 is 2.29 bits per heavy atom. The molecule has 0 amide bonds. The van der Waals surface area contributed by atoms with E-state index in [4.69, 9.17) is 0 Å². The molecule has 1 atom stereocenters. The lowest BCUT2D eigenvalue weighted by atomic mass is 9.86. The number of nitro groups is 1. The van der Waals surface area contributed by atoms with Crippen LogP contribution in [0.15, 0.2) is 28.2 Å². The molecule has 0 saturated heterocycles. The zero-order valence-electron chi connectivity index (χ0n) is 12.0. The minimum absolute atomic E-state index is 0.0289. The van der Waals surface area contributed by atoms with Gasteiger partial charge in [0.1, 0.15) is 11.1 Å². The van der Waals surface area contributed by atoms with Crippen LogP contribution in [0.5, 0.6) is 0 Å². The molecule has 0 saturated carbocycles. The molecule has 0 bridgehead atoms. The van der Waals surface area contributed by atoms with Gasteiger partial charge >= 0.3 is 5.82 Å². The highest BCUT2D eigenvalue weighted by molar-refractivity contribution is 9.10. The molecule has 0 aliphatic carbocycles. The highest BCUT2D eigenvalue weighted by atomic mass is 79.9. The van der Waals surface area contributed by atoms with Crippen LogP contribution in [0.1, 0.15) is 31.7 Å². The van der Waals surface area contributed by atoms with Gasteiger partial charge in [0.25, 0.3) is 0 Å². The van der Waals surface area contributed by atoms with Gasteiger partial charge in [-0.15, -0.1) is 11.3 Å². The molecule has 1 unspecified atom stereocenters. The molecular weight excluding hydrogens is 356 g/mol. The molecule has 2 heterocycles. The number of thiophene rings is 1. The summed E-state index contributed by atoms with van der Waals surface area (Å²) in [6.07, 6.45) is 1.61. The van der Waals surface area contributed by atoms with E-state index in [-0.39, 0.29) is 17.3 Å². The van der Waals surface area contributed by atoms with Gasteiger partial charge in [-0.2, -0.15) is 4.68 Å². The van der Waals surface area contributed by atoms with Crippen LogP contribution in [0.3, 0.4) is 0 Å². The number of hydrogen-bond acceptors (Lipinski definition) is 5. The van der Waals surface area contributed by atoms with E-state index < -0.39 is 4.92 Å². The summed E-state index contributed by atoms with van der Waals surface area (Å²) in [5.74, 6) is -0.166. The van der Waals surface area contributed by atoms with Crippen LogP contribution >= 0.6 is 27.3 Å². The lowest BCUT2D eigenvalue weighted by Crippen LogP contribution is -2.33. The Balaban J connectivity index is 2.13. The summed E-state index contributed by atoms with van der Waals surface area (Å²) >= 11 is 4.85. The molecule has 0 aliphatic heterocycles. The lowest BCUT2D eigenvalue weighted by molar-refractivity contribution is -0.390. The maximum Gasteiger partial charge on any atom is 0.404 e. The second-order valence-electron chi connectivity index (χ2n) is 5.77. The Bertz CT molecular complexity index is 619. The number of hydrogen-bond donors (Lipinski definition) is 1. The van der Waals surface area contributed by atoms with Crippen LogP contribution in [-0.4, -0.2) is 14.7 Å². The maximum atomic E-state index is 10.8. The molecule has 21 heavy (non-hydrogen) atoms. The third kappa shape index (κ3) is 3.90. The molecule has 8 heteroatoms. The molecule has 114 valence electrons. The quantitative estimate of drug-likeness (QED) is 0.636. The summed E-state index contributed by atoms with van der Waals surface area (Å²) in [7, 11) is 0. The third-order valence-corrected chi connectivity index (χ3v) is 4.52. The van der Waals surface area contributed by atoms with Gasteiger partial charge in [-0.3, -0.25) is 5.32 Å². The highest BCUT2D eigenvalue weighted by Crippen LogP contribution is 2.35. The number of halogens is 1. The number of nitrogens with zero attached hydrogens (tertiary/aromatic N) is 3. The average molecular weight is 373 g/mol. The molecule has 0 radical (unpaired) electrons. The standard InChI is InChI=1S/C13H17BrN4O2S/c1-13(2,3)11(10-5-4-6-21-10)15-8-17-7-9(14)12(16-17)18(19)20/h4-7,11,15H,8H2,1-3H3. The molecule has 0 aromatic carbocycles. The van der Waals surface area contributed by atoms with E-state index in [1.165, 1.54) is 9.56 Å². The van der Waals surface area contributed by atoms with Crippen molar-refractivity contribution in [3.63, 3.8) is 0 Å². The zero-order chi connectivity index (χ0) is 15.6. The summed E-state index contributed by atoms with van der Waals surface area (Å²) in [6.45, 7) is 6.88. The summed E-state index contributed by atoms with van der Waals surface area (Å²) in [5, 5.41) is 20.2. The van der Waals surface area contributed by atoms with Crippen molar-refractivity contribution in [2.45, 2.75) is 33.5 Å². The topological polar surface area (TPSA) is 73.0 Å². The number of nitrogens with one attached hydrogen (secondary N) is 1. The first-order chi connectivity index (χ1) is 9.79. The van der Waals surface area contributed by atoms with Crippen molar-refractivity contribution in [2.24, 2.45) is 5.41 Å². The Morgan fingerprint density at radius 3 is 2.76 bits per heavy atom. The van der Waals surface area contributed by atoms with Crippen molar-refractivity contribution in [1.29, 1.82) is 0 Å². The lowest BCUT2D eigenvalue weighted by Gasteiger charge is -2.30. The van der Waals surface area contributed by atoms with Gasteiger partial charge < -0.3 is 10.1 Å². The second-order valence-corrected chi connectivity index (χ2v) is 7.61. The van der Waals surface area contributed by atoms with Gasteiger partial charge in [-0.1, -0.05) is 26.8 Å². The van der Waals surface area contributed by atoms with Gasteiger partial charge in [-0.05, 0) is 37.7 Å². The van der Waals surface area contributed by atoms with Crippen LogP contribution in [0, 0.1) is 15.5 Å². The van der Waals surface area contributed by atoms with Crippen molar-refractivity contribution < 1.29 is 4.92 Å². The van der Waals surface area contributed by atoms with Crippen LogP contribution in [-0.2, 0) is 6.67 Å². The molecule has 0 spiro atoms. The monoisotopic (exact) mass is 372 g/mol. The average Bonchev–Trinajstić information content (AvgIpc) is 2.97. The first-order valence-electron chi connectivity index (χ1n) is 6.43. The fourth-order valence-electron chi connectivity index (χ4n) is 2.07. The minimum atomic E-state index is -0.499. The molecule has 2 rings (SSSR count). The summed E-state index contributed by atoms with van der Waals surface area (Å²) in [5.41, 5.74) is 0.0289. The van der Waals surface area contributed by atoms with Gasteiger partial charge in [0, 0.05) is 10.9 Å². The van der Waals surface area contributed by atoms with Crippen LogP contribution < -0.4 is 5.32 Å². The SMILES string of the molecule is CC(C)(C)C(NCn1cc(Br)c([N+](=O)[O-])n1)c1cccs1. The van der Waals surface area contributed by atoms with E-state index in [2.05, 4.69) is 53.2 Å². The molecule has 6 nitrogen and oxygen atoms in total. The van der Waals surface area contributed by atoms with E-state index in [0.717, 1.165) is 0 Å². The maximum absolute atomic E-state index is 10.8. The van der Waals surface area contributed by atoms with Crippen LogP contribution in [0.25, 0.3) is 0 Å². The van der Waals surface area contributed by atoms with Crippen molar-refractivity contribution in [2.75, 3.05) is 0 Å². The fraction of sp³-hybridized carbons (Fsp3) is 0.462. The molecule has 2 aromatic heterocycles. The van der Waals surface area contributed by atoms with Crippen LogP contribution in [0.2, 0.25) is 0 Å². The predicted octanol–water partition coefficient (Wildman–Crippen LogP) is 3.95. The second kappa shape index (κ2) is 6.25. The Morgan fingerprint density at radius 1 is 1.57 bits per heavy atom. The van der Waals surface area contributed by atoms with Crippen molar-refractivity contribution in [1.82, 2.24) is 15.1 Å². The largest absolute Gasteiger partial charge is 0.404 e. The van der Waals surface area contributed by atoms with E-state index in [1.54, 1.807) is 17.5 Å². The first-order valence-corrected chi connectivity index (χ1v) is 8.10.